The summed E-state index contributed by atoms with van der Waals surface area (Å²) in [5.41, 5.74) is -0.405. The third-order valence-electron chi connectivity index (χ3n) is 2.92. The number of carbonyl (C=O) groups excluding carboxylic acids is 2. The van der Waals surface area contributed by atoms with Crippen molar-refractivity contribution in [2.45, 2.75) is 17.7 Å². The van der Waals surface area contributed by atoms with Crippen molar-refractivity contribution in [1.82, 2.24) is 0 Å². The Morgan fingerprint density at radius 2 is 1.71 bits per heavy atom. The van der Waals surface area contributed by atoms with Gasteiger partial charge in [-0.25, -0.2) is 0 Å². The Labute approximate surface area is 124 Å². The van der Waals surface area contributed by atoms with Gasteiger partial charge in [-0.1, -0.05) is 0 Å². The number of carboxylic acid groups (broad SMARTS) is 1. The molecule has 1 aliphatic carbocycles. The van der Waals surface area contributed by atoms with Gasteiger partial charge in [-0.2, -0.15) is 0 Å². The second-order valence-corrected chi connectivity index (χ2v) is 5.54. The number of hydrogen-bond donors (Lipinski definition) is 3. The number of rotatable bonds is 5. The summed E-state index contributed by atoms with van der Waals surface area (Å²) < 4.78 is 0. The molecule has 0 spiro atoms. The number of carboxylic acids is 1. The lowest BCUT2D eigenvalue weighted by Gasteiger charge is -2.15. The first-order valence-corrected chi connectivity index (χ1v) is 7.10. The quantitative estimate of drug-likeness (QED) is 0.433. The number of ketones is 2. The van der Waals surface area contributed by atoms with E-state index in [4.69, 9.17) is 5.11 Å². The molecule has 0 radical (unpaired) electrons. The van der Waals surface area contributed by atoms with Crippen molar-refractivity contribution in [2.24, 2.45) is 0 Å². The molecule has 0 unspecified atom stereocenters. The van der Waals surface area contributed by atoms with Crippen molar-refractivity contribution >= 4 is 29.3 Å². The largest absolute Gasteiger partial charge is 0.507 e. The second kappa shape index (κ2) is 6.01. The molecule has 21 heavy (non-hydrogen) atoms. The fraction of sp³-hybridized carbons (Fsp3) is 0.214. The average molecular weight is 308 g/mol. The van der Waals surface area contributed by atoms with Crippen LogP contribution in [0.1, 0.15) is 33.6 Å². The van der Waals surface area contributed by atoms with Gasteiger partial charge in [0.2, 0.25) is 0 Å². The van der Waals surface area contributed by atoms with Gasteiger partial charge in [-0.15, -0.1) is 11.8 Å². The van der Waals surface area contributed by atoms with Crippen molar-refractivity contribution in [2.75, 3.05) is 5.75 Å². The Morgan fingerprint density at radius 1 is 1.10 bits per heavy atom. The third kappa shape index (κ3) is 3.08. The van der Waals surface area contributed by atoms with E-state index in [-0.39, 0.29) is 33.9 Å². The smallest absolute Gasteiger partial charge is 0.303 e. The number of phenolic OH excluding ortho intramolecular Hbond substituents is 2. The van der Waals surface area contributed by atoms with E-state index < -0.39 is 17.5 Å². The van der Waals surface area contributed by atoms with E-state index in [0.29, 0.717) is 12.2 Å². The Bertz CT molecular complexity index is 662. The zero-order chi connectivity index (χ0) is 15.6. The van der Waals surface area contributed by atoms with Gasteiger partial charge >= 0.3 is 5.97 Å². The highest BCUT2D eigenvalue weighted by Crippen LogP contribution is 2.40. The standard InChI is InChI=1S/C14H12O6S/c15-7-3-4-8(16)13-12(7)9(17)6-10(14(13)20)21-5-1-2-11(18)19/h3-4,6,17,20H,1-2,5H2,(H,18,19). The van der Waals surface area contributed by atoms with Gasteiger partial charge in [0.15, 0.2) is 11.6 Å². The molecular formula is C14H12O6S. The molecular weight excluding hydrogens is 296 g/mol. The van der Waals surface area contributed by atoms with E-state index in [1.807, 2.05) is 0 Å². The van der Waals surface area contributed by atoms with Gasteiger partial charge < -0.3 is 15.3 Å². The van der Waals surface area contributed by atoms with Gasteiger partial charge in [0.25, 0.3) is 0 Å². The molecule has 1 aliphatic rings. The van der Waals surface area contributed by atoms with E-state index in [2.05, 4.69) is 0 Å². The van der Waals surface area contributed by atoms with Gasteiger partial charge in [-0.05, 0) is 30.4 Å². The number of phenols is 2. The zero-order valence-corrected chi connectivity index (χ0v) is 11.6. The Balaban J connectivity index is 2.28. The maximum Gasteiger partial charge on any atom is 0.303 e. The number of benzene rings is 1. The molecule has 0 heterocycles. The maximum atomic E-state index is 11.8. The van der Waals surface area contributed by atoms with Gasteiger partial charge in [0.1, 0.15) is 11.5 Å². The Kier molecular flexibility index (Phi) is 4.32. The molecule has 0 atom stereocenters. The first-order valence-electron chi connectivity index (χ1n) is 6.12. The van der Waals surface area contributed by atoms with E-state index in [0.717, 1.165) is 23.9 Å². The van der Waals surface area contributed by atoms with Crippen molar-refractivity contribution in [1.29, 1.82) is 0 Å². The minimum atomic E-state index is -0.918. The minimum absolute atomic E-state index is 0.00909. The number of fused-ring (bicyclic) bond motifs is 1. The van der Waals surface area contributed by atoms with Crippen LogP contribution in [0.15, 0.2) is 23.1 Å². The van der Waals surface area contributed by atoms with E-state index in [1.165, 1.54) is 6.07 Å². The molecule has 0 aromatic heterocycles. The summed E-state index contributed by atoms with van der Waals surface area (Å²) in [6.07, 6.45) is 2.46. The molecule has 3 N–H and O–H groups in total. The molecule has 0 fully saturated rings. The van der Waals surface area contributed by atoms with E-state index in [9.17, 15) is 24.6 Å². The molecule has 110 valence electrons. The summed E-state index contributed by atoms with van der Waals surface area (Å²) in [6, 6.07) is 1.21. The van der Waals surface area contributed by atoms with Crippen molar-refractivity contribution < 1.29 is 29.7 Å². The molecule has 0 amide bonds. The SMILES string of the molecule is O=C(O)CCCSc1cc(O)c2c(c1O)C(=O)C=CC2=O. The summed E-state index contributed by atoms with van der Waals surface area (Å²) in [4.78, 5) is 34.1. The lowest BCUT2D eigenvalue weighted by molar-refractivity contribution is -0.137. The fourth-order valence-electron chi connectivity index (χ4n) is 1.96. The Morgan fingerprint density at radius 3 is 2.33 bits per heavy atom. The predicted molar refractivity (Wildman–Crippen MR) is 75.2 cm³/mol. The molecule has 2 rings (SSSR count). The molecule has 0 saturated carbocycles. The summed E-state index contributed by atoms with van der Waals surface area (Å²) in [5.74, 6) is -2.34. The summed E-state index contributed by atoms with van der Waals surface area (Å²) in [6.45, 7) is 0. The van der Waals surface area contributed by atoms with Crippen LogP contribution in [0.25, 0.3) is 0 Å². The molecule has 1 aromatic rings. The van der Waals surface area contributed by atoms with Crippen LogP contribution in [0.5, 0.6) is 11.5 Å². The molecule has 0 saturated heterocycles. The lowest BCUT2D eigenvalue weighted by Crippen LogP contribution is -2.12. The van der Waals surface area contributed by atoms with Crippen LogP contribution < -0.4 is 0 Å². The van der Waals surface area contributed by atoms with Crippen LogP contribution in [0, 0.1) is 0 Å². The molecule has 1 aromatic carbocycles. The van der Waals surface area contributed by atoms with Crippen LogP contribution in [-0.4, -0.2) is 38.6 Å². The predicted octanol–water partition coefficient (Wildman–Crippen LogP) is 1.99. The van der Waals surface area contributed by atoms with Gasteiger partial charge in [0, 0.05) is 6.42 Å². The van der Waals surface area contributed by atoms with Gasteiger partial charge in [0.05, 0.1) is 16.0 Å². The van der Waals surface area contributed by atoms with E-state index in [1.54, 1.807) is 0 Å². The Hall–Kier alpha value is -2.28. The molecule has 7 heteroatoms. The number of aliphatic carboxylic acids is 1. The highest BCUT2D eigenvalue weighted by molar-refractivity contribution is 7.99. The first kappa shape index (κ1) is 15.1. The topological polar surface area (TPSA) is 112 Å². The fourth-order valence-corrected chi connectivity index (χ4v) is 2.90. The first-order chi connectivity index (χ1) is 9.91. The second-order valence-electron chi connectivity index (χ2n) is 4.40. The number of carbonyl (C=O) groups is 3. The number of thioether (sulfide) groups is 1. The highest BCUT2D eigenvalue weighted by Gasteiger charge is 2.28. The summed E-state index contributed by atoms with van der Waals surface area (Å²) >= 11 is 1.12. The number of hydrogen-bond acceptors (Lipinski definition) is 6. The van der Waals surface area contributed by atoms with Crippen LogP contribution in [0.4, 0.5) is 0 Å². The number of aromatic hydroxyl groups is 2. The van der Waals surface area contributed by atoms with Crippen LogP contribution in [-0.2, 0) is 4.79 Å². The minimum Gasteiger partial charge on any atom is -0.507 e. The van der Waals surface area contributed by atoms with Crippen molar-refractivity contribution in [3.05, 3.63) is 29.3 Å². The van der Waals surface area contributed by atoms with Gasteiger partial charge in [-0.3, -0.25) is 14.4 Å². The molecule has 0 aliphatic heterocycles. The van der Waals surface area contributed by atoms with Crippen molar-refractivity contribution in [3.63, 3.8) is 0 Å². The lowest BCUT2D eigenvalue weighted by atomic mass is 9.93. The van der Waals surface area contributed by atoms with Crippen LogP contribution in [0.2, 0.25) is 0 Å². The maximum absolute atomic E-state index is 11.8. The highest BCUT2D eigenvalue weighted by atomic mass is 32.2. The third-order valence-corrected chi connectivity index (χ3v) is 4.03. The molecule has 0 bridgehead atoms. The van der Waals surface area contributed by atoms with E-state index >= 15 is 0 Å². The summed E-state index contributed by atoms with van der Waals surface area (Å²) in [7, 11) is 0. The average Bonchev–Trinajstić information content (AvgIpc) is 2.42. The van der Waals surface area contributed by atoms with Crippen LogP contribution in [0.3, 0.4) is 0 Å². The zero-order valence-electron chi connectivity index (χ0n) is 10.8. The normalized spacial score (nSPS) is 13.3. The van der Waals surface area contributed by atoms with Crippen LogP contribution >= 0.6 is 11.8 Å². The molecule has 6 nitrogen and oxygen atoms in total. The monoisotopic (exact) mass is 308 g/mol. The number of allylic oxidation sites excluding steroid dienone is 2. The summed E-state index contributed by atoms with van der Waals surface area (Å²) in [5, 5.41) is 28.5. The van der Waals surface area contributed by atoms with Crippen molar-refractivity contribution in [3.8, 4) is 11.5 Å².